The van der Waals surface area contributed by atoms with Gasteiger partial charge in [-0.3, -0.25) is 0 Å². The Bertz CT molecular complexity index is 283. The molecule has 0 bridgehead atoms. The molecule has 1 aromatic rings. The van der Waals surface area contributed by atoms with Gasteiger partial charge in [0, 0.05) is 17.9 Å². The highest BCUT2D eigenvalue weighted by molar-refractivity contribution is 5.57. The summed E-state index contributed by atoms with van der Waals surface area (Å²) >= 11 is 0. The van der Waals surface area contributed by atoms with E-state index in [1.165, 1.54) is 0 Å². The summed E-state index contributed by atoms with van der Waals surface area (Å²) in [6.45, 7) is 2.32. The molecule has 72 valence electrons. The molecular weight excluding hydrogens is 164 g/mol. The third kappa shape index (κ3) is 2.61. The van der Waals surface area contributed by atoms with E-state index in [2.05, 4.69) is 5.32 Å². The van der Waals surface area contributed by atoms with Crippen molar-refractivity contribution in [2.24, 2.45) is 11.5 Å². The van der Waals surface area contributed by atoms with Gasteiger partial charge in [-0.15, -0.1) is 0 Å². The van der Waals surface area contributed by atoms with Gasteiger partial charge >= 0.3 is 0 Å². The van der Waals surface area contributed by atoms with E-state index in [0.717, 1.165) is 16.9 Å². The van der Waals surface area contributed by atoms with Gasteiger partial charge in [-0.1, -0.05) is 0 Å². The van der Waals surface area contributed by atoms with Gasteiger partial charge in [0.15, 0.2) is 0 Å². The average molecular weight is 180 g/mol. The average Bonchev–Trinajstić information content (AvgIpc) is 2.07. The molecule has 0 spiro atoms. The van der Waals surface area contributed by atoms with Gasteiger partial charge < -0.3 is 22.5 Å². The molecule has 0 aliphatic carbocycles. The zero-order valence-corrected chi connectivity index (χ0v) is 7.75. The number of rotatable bonds is 3. The Morgan fingerprint density at radius 1 is 1.46 bits per heavy atom. The fraction of sp³-hybridized carbons (Fsp3) is 0.333. The normalized spacial score (nSPS) is 12.5. The molecule has 0 saturated heterocycles. The highest BCUT2D eigenvalue weighted by Crippen LogP contribution is 2.17. The maximum atomic E-state index is 5.69. The van der Waals surface area contributed by atoms with E-state index in [1.54, 1.807) is 0 Å². The lowest BCUT2D eigenvalue weighted by Crippen LogP contribution is -2.25. The molecule has 0 radical (unpaired) electrons. The van der Waals surface area contributed by atoms with Crippen LogP contribution >= 0.6 is 0 Å². The van der Waals surface area contributed by atoms with E-state index >= 15 is 0 Å². The van der Waals surface area contributed by atoms with Crippen molar-refractivity contribution >= 4 is 11.4 Å². The van der Waals surface area contributed by atoms with Crippen molar-refractivity contribution in [1.82, 2.24) is 0 Å². The lowest BCUT2D eigenvalue weighted by atomic mass is 10.1. The number of nitrogen functional groups attached to an aromatic ring is 1. The molecule has 0 heterocycles. The summed E-state index contributed by atoms with van der Waals surface area (Å²) in [4.78, 5) is 0. The molecule has 0 aromatic heterocycles. The van der Waals surface area contributed by atoms with Crippen LogP contribution in [0.1, 0.15) is 12.5 Å². The summed E-state index contributed by atoms with van der Waals surface area (Å²) in [6, 6.07) is 5.63. The Hall–Kier alpha value is -1.26. The van der Waals surface area contributed by atoms with Crippen molar-refractivity contribution in [3.63, 3.8) is 0 Å². The number of nitrogens with one attached hydrogen (secondary N) is 1. The number of nitrogens with two attached hydrogens (primary N) is 3. The van der Waals surface area contributed by atoms with Crippen LogP contribution in [0.5, 0.6) is 0 Å². The second kappa shape index (κ2) is 4.11. The summed E-state index contributed by atoms with van der Waals surface area (Å²) in [5.41, 5.74) is 19.4. The molecule has 1 unspecified atom stereocenters. The zero-order chi connectivity index (χ0) is 9.84. The van der Waals surface area contributed by atoms with Crippen LogP contribution in [0.3, 0.4) is 0 Å². The minimum Gasteiger partial charge on any atom is -0.398 e. The largest absolute Gasteiger partial charge is 0.398 e. The van der Waals surface area contributed by atoms with Gasteiger partial charge in [-0.25, -0.2) is 0 Å². The molecule has 1 atom stereocenters. The van der Waals surface area contributed by atoms with E-state index < -0.39 is 0 Å². The van der Waals surface area contributed by atoms with Crippen molar-refractivity contribution in [1.29, 1.82) is 0 Å². The topological polar surface area (TPSA) is 90.1 Å². The summed E-state index contributed by atoms with van der Waals surface area (Å²) in [5.74, 6) is 0. The Morgan fingerprint density at radius 3 is 2.69 bits per heavy atom. The third-order valence-corrected chi connectivity index (χ3v) is 1.76. The van der Waals surface area contributed by atoms with Gasteiger partial charge in [0.25, 0.3) is 0 Å². The van der Waals surface area contributed by atoms with E-state index in [1.807, 2.05) is 25.1 Å². The van der Waals surface area contributed by atoms with Gasteiger partial charge in [-0.05, 0) is 30.7 Å². The SMILES string of the molecule is CC(N)Nc1ccc(N)c(CN)c1. The quantitative estimate of drug-likeness (QED) is 0.401. The van der Waals surface area contributed by atoms with Crippen LogP contribution in [0, 0.1) is 0 Å². The number of anilines is 2. The fourth-order valence-electron chi connectivity index (χ4n) is 1.14. The molecule has 0 aliphatic heterocycles. The highest BCUT2D eigenvalue weighted by atomic mass is 15.0. The standard InChI is InChI=1S/C9H16N4/c1-6(11)13-8-2-3-9(12)7(4-8)5-10/h2-4,6,13H,5,10-12H2,1H3. The second-order valence-electron chi connectivity index (χ2n) is 3.05. The predicted molar refractivity (Wildman–Crippen MR) is 56.0 cm³/mol. The van der Waals surface area contributed by atoms with E-state index in [-0.39, 0.29) is 6.17 Å². The predicted octanol–water partition coefficient (Wildman–Crippen LogP) is 0.444. The molecule has 0 amide bonds. The van der Waals surface area contributed by atoms with Gasteiger partial charge in [0.05, 0.1) is 6.17 Å². The molecule has 1 aromatic carbocycles. The van der Waals surface area contributed by atoms with E-state index in [0.29, 0.717) is 6.54 Å². The fourth-order valence-corrected chi connectivity index (χ4v) is 1.14. The molecule has 1 rings (SSSR count). The molecule has 4 heteroatoms. The minimum atomic E-state index is -0.0748. The van der Waals surface area contributed by atoms with Crippen LogP contribution in [0.4, 0.5) is 11.4 Å². The van der Waals surface area contributed by atoms with Gasteiger partial charge in [0.1, 0.15) is 0 Å². The van der Waals surface area contributed by atoms with Crippen molar-refractivity contribution in [3.05, 3.63) is 23.8 Å². The second-order valence-corrected chi connectivity index (χ2v) is 3.05. The summed E-state index contributed by atoms with van der Waals surface area (Å²) in [7, 11) is 0. The van der Waals surface area contributed by atoms with E-state index in [9.17, 15) is 0 Å². The van der Waals surface area contributed by atoms with Crippen molar-refractivity contribution in [2.75, 3.05) is 11.1 Å². The summed E-state index contributed by atoms with van der Waals surface area (Å²) in [5, 5.41) is 3.07. The number of benzene rings is 1. The summed E-state index contributed by atoms with van der Waals surface area (Å²) < 4.78 is 0. The number of hydrogen-bond acceptors (Lipinski definition) is 4. The molecule has 0 aliphatic rings. The third-order valence-electron chi connectivity index (χ3n) is 1.76. The van der Waals surface area contributed by atoms with Crippen molar-refractivity contribution in [2.45, 2.75) is 19.6 Å². The maximum absolute atomic E-state index is 5.69. The van der Waals surface area contributed by atoms with Crippen molar-refractivity contribution < 1.29 is 0 Å². The first kappa shape index (κ1) is 9.83. The van der Waals surface area contributed by atoms with Crippen LogP contribution in [0.15, 0.2) is 18.2 Å². The number of hydrogen-bond donors (Lipinski definition) is 4. The lowest BCUT2D eigenvalue weighted by molar-refractivity contribution is 0.851. The summed E-state index contributed by atoms with van der Waals surface area (Å²) in [6.07, 6.45) is -0.0748. The first-order chi connectivity index (χ1) is 6.13. The van der Waals surface area contributed by atoms with Crippen LogP contribution in [-0.4, -0.2) is 6.17 Å². The van der Waals surface area contributed by atoms with Crippen LogP contribution in [-0.2, 0) is 6.54 Å². The minimum absolute atomic E-state index is 0.0748. The van der Waals surface area contributed by atoms with E-state index in [4.69, 9.17) is 17.2 Å². The lowest BCUT2D eigenvalue weighted by Gasteiger charge is -2.12. The first-order valence-electron chi connectivity index (χ1n) is 4.24. The maximum Gasteiger partial charge on any atom is 0.0714 e. The molecular formula is C9H16N4. The van der Waals surface area contributed by atoms with Gasteiger partial charge in [-0.2, -0.15) is 0 Å². The van der Waals surface area contributed by atoms with Gasteiger partial charge in [0.2, 0.25) is 0 Å². The monoisotopic (exact) mass is 180 g/mol. The smallest absolute Gasteiger partial charge is 0.0714 e. The Balaban J connectivity index is 2.86. The molecule has 13 heavy (non-hydrogen) atoms. The Morgan fingerprint density at radius 2 is 2.15 bits per heavy atom. The molecule has 7 N–H and O–H groups in total. The van der Waals surface area contributed by atoms with Crippen LogP contribution in [0.2, 0.25) is 0 Å². The van der Waals surface area contributed by atoms with Crippen molar-refractivity contribution in [3.8, 4) is 0 Å². The first-order valence-corrected chi connectivity index (χ1v) is 4.24. The zero-order valence-electron chi connectivity index (χ0n) is 7.75. The van der Waals surface area contributed by atoms with Crippen LogP contribution in [0.25, 0.3) is 0 Å². The highest BCUT2D eigenvalue weighted by Gasteiger charge is 2.00. The molecule has 0 saturated carbocycles. The van der Waals surface area contributed by atoms with Crippen LogP contribution < -0.4 is 22.5 Å². The molecule has 0 fully saturated rings. The Labute approximate surface area is 78.1 Å². The molecule has 4 nitrogen and oxygen atoms in total. The Kier molecular flexibility index (Phi) is 3.11.